The van der Waals surface area contributed by atoms with Gasteiger partial charge in [-0.2, -0.15) is 0 Å². The van der Waals surface area contributed by atoms with Crippen LogP contribution in [-0.4, -0.2) is 63.0 Å². The van der Waals surface area contributed by atoms with Gasteiger partial charge in [-0.3, -0.25) is 9.79 Å². The van der Waals surface area contributed by atoms with Gasteiger partial charge in [0.1, 0.15) is 0 Å². The third-order valence-corrected chi connectivity index (χ3v) is 15.2. The van der Waals surface area contributed by atoms with Crippen molar-refractivity contribution in [3.8, 4) is 22.3 Å². The van der Waals surface area contributed by atoms with Crippen molar-refractivity contribution in [2.45, 2.75) is 109 Å². The zero-order chi connectivity index (χ0) is 45.4. The van der Waals surface area contributed by atoms with E-state index < -0.39 is 37.8 Å². The molecule has 12 nitrogen and oxygen atoms in total. The van der Waals surface area contributed by atoms with Crippen LogP contribution in [0.3, 0.4) is 0 Å². The molecule has 2 unspecified atom stereocenters. The molecular weight excluding hydrogens is 857 g/mol. The number of nitrogens with two attached hydrogens (primary N) is 2. The molecule has 62 heavy (non-hydrogen) atoms. The predicted molar refractivity (Wildman–Crippen MR) is 264 cm³/mol. The number of benzene rings is 2. The highest BCUT2D eigenvalue weighted by atomic mass is 32.2. The third kappa shape index (κ3) is 16.2. The minimum atomic E-state index is -1.36. The first-order valence-corrected chi connectivity index (χ1v) is 24.0. The Kier molecular flexibility index (Phi) is 21.5. The van der Waals surface area contributed by atoms with Crippen molar-refractivity contribution < 1.29 is 17.9 Å². The van der Waals surface area contributed by atoms with Crippen molar-refractivity contribution in [2.75, 3.05) is 33.3 Å². The summed E-state index contributed by atoms with van der Waals surface area (Å²) in [6, 6.07) is 19.2. The molecule has 1 aliphatic rings. The molecule has 5 rings (SSSR count). The molecule has 4 atom stereocenters. The molecule has 0 fully saturated rings. The van der Waals surface area contributed by atoms with Gasteiger partial charge in [0.2, 0.25) is 0 Å². The van der Waals surface area contributed by atoms with Crippen LogP contribution in [0, 0.1) is 13.1 Å². The first-order chi connectivity index (χ1) is 28.7. The Hall–Kier alpha value is -4.10. The standard InChI is InChI=1S/C22H28N4OS2.C20H24N2O3S2.C3H10N2.CH4/c1-21(2,3)29(27)26-22(4,14-20-24-10-7-11-25-20)19-13-17(15-28-19)16-8-6-9-18(12-16)23-5;1-19(2,3)27(24)22-20(4,12-18(23)25-6)17-11-15(13-26-17)14-8-7-9-16(10-14)21-5;4-2-1-3-5;/h6,8-9,12-13,15,26H,7,10-11,14H2,1-4H3,(H,24,25);7-11,13,22H,12H2,1-4,6H3;1-5H2;1H4/t22-,29?;20-,27?;;/m00../s1. The monoisotopic (exact) mass is 922 g/mol. The summed E-state index contributed by atoms with van der Waals surface area (Å²) in [5.74, 6) is 0.586. The molecular formula is C46H66N8O4S4. The highest BCUT2D eigenvalue weighted by Crippen LogP contribution is 2.38. The highest BCUT2D eigenvalue weighted by molar-refractivity contribution is 7.84. The van der Waals surface area contributed by atoms with Crippen molar-refractivity contribution in [2.24, 2.45) is 16.5 Å². The van der Waals surface area contributed by atoms with Crippen molar-refractivity contribution in [1.29, 1.82) is 0 Å². The molecule has 1 aliphatic heterocycles. The number of hydrogen-bond acceptors (Lipinski definition) is 10. The topological polar surface area (TPSA) is 170 Å². The quantitative estimate of drug-likeness (QED) is 0.0620. The number of nitrogens with zero attached hydrogens (tertiary/aromatic N) is 3. The van der Waals surface area contributed by atoms with E-state index in [1.165, 1.54) is 18.4 Å². The smallest absolute Gasteiger partial charge is 0.307 e. The maximum atomic E-state index is 13.0. The Morgan fingerprint density at radius 3 is 1.65 bits per heavy atom. The van der Waals surface area contributed by atoms with Crippen molar-refractivity contribution in [3.05, 3.63) is 104 Å². The van der Waals surface area contributed by atoms with Gasteiger partial charge in [0.15, 0.2) is 11.4 Å². The zero-order valence-electron chi connectivity index (χ0n) is 36.8. The van der Waals surface area contributed by atoms with E-state index in [0.717, 1.165) is 76.9 Å². The summed E-state index contributed by atoms with van der Waals surface area (Å²) in [7, 11) is -1.23. The fourth-order valence-corrected chi connectivity index (χ4v) is 9.64. The molecule has 0 saturated heterocycles. The number of carbonyl (C=O) groups excluding carboxylic acids is 1. The van der Waals surface area contributed by atoms with Crippen LogP contribution in [0.2, 0.25) is 0 Å². The number of carbonyl (C=O) groups is 1. The van der Waals surface area contributed by atoms with Gasteiger partial charge < -0.3 is 21.5 Å². The number of aliphatic imine (C=N–C) groups is 1. The molecule has 0 spiro atoms. The maximum Gasteiger partial charge on any atom is 0.307 e. The van der Waals surface area contributed by atoms with Crippen LogP contribution in [0.15, 0.2) is 76.4 Å². The van der Waals surface area contributed by atoms with Gasteiger partial charge >= 0.3 is 5.97 Å². The Labute approximate surface area is 383 Å². The Bertz CT molecular complexity index is 2230. The van der Waals surface area contributed by atoms with Gasteiger partial charge in [0.05, 0.1) is 75.1 Å². The van der Waals surface area contributed by atoms with Crippen LogP contribution < -0.4 is 26.2 Å². The van der Waals surface area contributed by atoms with Crippen molar-refractivity contribution in [1.82, 2.24) is 14.8 Å². The summed E-state index contributed by atoms with van der Waals surface area (Å²) in [6.45, 7) is 33.1. The van der Waals surface area contributed by atoms with Crippen LogP contribution in [-0.2, 0) is 42.6 Å². The highest BCUT2D eigenvalue weighted by Gasteiger charge is 2.37. The number of nitrogens with one attached hydrogen (secondary N) is 3. The second-order valence-corrected chi connectivity index (χ2v) is 22.6. The Morgan fingerprint density at radius 1 is 0.790 bits per heavy atom. The van der Waals surface area contributed by atoms with E-state index in [2.05, 4.69) is 47.8 Å². The predicted octanol–water partition coefficient (Wildman–Crippen LogP) is 9.74. The van der Waals surface area contributed by atoms with Gasteiger partial charge in [0.25, 0.3) is 0 Å². The minimum absolute atomic E-state index is 0. The van der Waals surface area contributed by atoms with E-state index >= 15 is 0 Å². The van der Waals surface area contributed by atoms with Crippen molar-refractivity contribution >= 4 is 67.8 Å². The van der Waals surface area contributed by atoms with E-state index in [4.69, 9.17) is 29.3 Å². The molecule has 7 N–H and O–H groups in total. The summed E-state index contributed by atoms with van der Waals surface area (Å²) < 4.78 is 36.2. The maximum absolute atomic E-state index is 13.0. The summed E-state index contributed by atoms with van der Waals surface area (Å²) in [5.41, 5.74) is 14.0. The van der Waals surface area contributed by atoms with Gasteiger partial charge in [0, 0.05) is 29.3 Å². The Balaban J connectivity index is 0.000000380. The van der Waals surface area contributed by atoms with E-state index in [9.17, 15) is 13.2 Å². The van der Waals surface area contributed by atoms with Gasteiger partial charge in [-0.15, -0.1) is 22.7 Å². The van der Waals surface area contributed by atoms with Crippen LogP contribution >= 0.6 is 22.7 Å². The van der Waals surface area contributed by atoms with Gasteiger partial charge in [-0.05, 0) is 139 Å². The average molecular weight is 923 g/mol. The Morgan fingerprint density at radius 2 is 1.26 bits per heavy atom. The molecule has 0 aliphatic carbocycles. The summed E-state index contributed by atoms with van der Waals surface area (Å²) in [6.07, 6.45) is 2.70. The third-order valence-electron chi connectivity index (χ3n) is 9.27. The molecule has 0 radical (unpaired) electrons. The lowest BCUT2D eigenvalue weighted by atomic mass is 9.94. The van der Waals surface area contributed by atoms with Crippen LogP contribution in [0.5, 0.6) is 0 Å². The number of amidine groups is 1. The number of thiophene rings is 2. The van der Waals surface area contributed by atoms with E-state index in [0.29, 0.717) is 17.8 Å². The number of ether oxygens (including phenoxy) is 1. The van der Waals surface area contributed by atoms with E-state index in [1.54, 1.807) is 17.4 Å². The zero-order valence-corrected chi connectivity index (χ0v) is 40.1. The molecule has 0 amide bonds. The molecule has 3 heterocycles. The molecule has 0 saturated carbocycles. The normalized spacial score (nSPS) is 15.3. The first kappa shape index (κ1) is 54.0. The largest absolute Gasteiger partial charge is 0.469 e. The lowest BCUT2D eigenvalue weighted by molar-refractivity contribution is -0.142. The first-order valence-electron chi connectivity index (χ1n) is 20.0. The number of hydrogen-bond donors (Lipinski definition) is 5. The van der Waals surface area contributed by atoms with Crippen LogP contribution in [0.1, 0.15) is 98.3 Å². The van der Waals surface area contributed by atoms with E-state index in [1.807, 2.05) is 102 Å². The molecule has 0 bridgehead atoms. The molecule has 338 valence electrons. The average Bonchev–Trinajstić information content (AvgIpc) is 3.94. The number of rotatable bonds is 14. The second-order valence-electron chi connectivity index (χ2n) is 16.8. The lowest BCUT2D eigenvalue weighted by Crippen LogP contribution is -2.48. The molecule has 16 heteroatoms. The SMILES string of the molecule is C.NCCCN.[C-]#[N+]c1cccc(-c2csc([C@](C)(CC(=O)OC)NS(=O)C(C)(C)C)c2)c1.[C-]#[N+]c1cccc(-c2csc([C@](C)(CC3=NCCCN3)NS(=O)C(C)(C)C)c2)c1. The molecule has 4 aromatic rings. The van der Waals surface area contributed by atoms with Gasteiger partial charge in [-0.1, -0.05) is 43.8 Å². The summed E-state index contributed by atoms with van der Waals surface area (Å²) >= 11 is 3.14. The van der Waals surface area contributed by atoms with E-state index in [-0.39, 0.29) is 24.6 Å². The van der Waals surface area contributed by atoms with Gasteiger partial charge in [-0.25, -0.2) is 27.6 Å². The van der Waals surface area contributed by atoms with Crippen molar-refractivity contribution in [3.63, 3.8) is 0 Å². The number of methoxy groups -OCH3 is 1. The number of esters is 1. The van der Waals surface area contributed by atoms with Crippen LogP contribution in [0.4, 0.5) is 11.4 Å². The molecule has 2 aromatic heterocycles. The molecule has 2 aromatic carbocycles. The minimum Gasteiger partial charge on any atom is -0.469 e. The fourth-order valence-electron chi connectivity index (χ4n) is 5.64. The lowest BCUT2D eigenvalue weighted by Gasteiger charge is -2.34. The fraction of sp³-hybridized carbons (Fsp3) is 0.478. The second kappa shape index (κ2) is 24.7. The summed E-state index contributed by atoms with van der Waals surface area (Å²) in [5, 5.41) is 7.48. The van der Waals surface area contributed by atoms with Crippen LogP contribution in [0.25, 0.3) is 31.9 Å². The summed E-state index contributed by atoms with van der Waals surface area (Å²) in [4.78, 5) is 25.6.